The maximum atomic E-state index is 12.3. The molecular weight excluding hydrogens is 420 g/mol. The maximum absolute atomic E-state index is 12.3. The normalized spacial score (nSPS) is 13.1. The lowest BCUT2D eigenvalue weighted by Crippen LogP contribution is -2.24. The molecule has 0 amide bonds. The van der Waals surface area contributed by atoms with Gasteiger partial charge in [-0.05, 0) is 36.4 Å². The third-order valence-corrected chi connectivity index (χ3v) is 5.73. The molecule has 0 aromatic heterocycles. The van der Waals surface area contributed by atoms with Gasteiger partial charge < -0.3 is 14.2 Å². The Kier molecular flexibility index (Phi) is 6.71. The lowest BCUT2D eigenvalue weighted by Gasteiger charge is -2.21. The first kappa shape index (κ1) is 21.1. The average Bonchev–Trinajstić information content (AvgIpc) is 2.72. The van der Waals surface area contributed by atoms with Crippen LogP contribution in [0.1, 0.15) is 27.9 Å². The van der Waals surface area contributed by atoms with E-state index in [2.05, 4.69) is 4.72 Å². The van der Waals surface area contributed by atoms with Gasteiger partial charge in [-0.25, -0.2) is 17.9 Å². The van der Waals surface area contributed by atoms with Crippen molar-refractivity contribution in [1.29, 1.82) is 5.26 Å². The van der Waals surface area contributed by atoms with Crippen molar-refractivity contribution in [3.05, 3.63) is 58.1 Å². The lowest BCUT2D eigenvalue weighted by molar-refractivity contribution is -0.0180. The van der Waals surface area contributed by atoms with Gasteiger partial charge in [0.1, 0.15) is 12.4 Å². The minimum Gasteiger partial charge on any atom is -0.467 e. The molecule has 1 aliphatic rings. The van der Waals surface area contributed by atoms with E-state index in [1.54, 1.807) is 12.1 Å². The third kappa shape index (κ3) is 5.25. The van der Waals surface area contributed by atoms with Crippen LogP contribution < -0.4 is 9.46 Å². The summed E-state index contributed by atoms with van der Waals surface area (Å²) in [5, 5.41) is 8.96. The highest BCUT2D eigenvalue weighted by atomic mass is 35.5. The van der Waals surface area contributed by atoms with E-state index in [9.17, 15) is 13.2 Å². The zero-order valence-corrected chi connectivity index (χ0v) is 16.8. The van der Waals surface area contributed by atoms with E-state index in [4.69, 9.17) is 31.1 Å². The topological polar surface area (TPSA) is 115 Å². The molecule has 1 heterocycles. The number of nitrogens with one attached hydrogen (secondary N) is 1. The average molecular weight is 437 g/mol. The number of carbonyl (C=O) groups excluding carboxylic acids is 1. The number of nitrogens with zero attached hydrogens (tertiary/aromatic N) is 1. The molecule has 152 valence electrons. The summed E-state index contributed by atoms with van der Waals surface area (Å²) >= 11 is 6.09. The van der Waals surface area contributed by atoms with Gasteiger partial charge >= 0.3 is 5.97 Å². The van der Waals surface area contributed by atoms with Gasteiger partial charge in [-0.15, -0.1) is 0 Å². The van der Waals surface area contributed by atoms with Crippen LogP contribution in [0.2, 0.25) is 5.02 Å². The number of benzene rings is 2. The number of nitriles is 1. The van der Waals surface area contributed by atoms with Crippen LogP contribution in [0.4, 0.5) is 0 Å². The summed E-state index contributed by atoms with van der Waals surface area (Å²) < 4.78 is 42.5. The van der Waals surface area contributed by atoms with Gasteiger partial charge in [0.05, 0.1) is 23.1 Å². The molecule has 0 saturated heterocycles. The van der Waals surface area contributed by atoms with E-state index >= 15 is 0 Å². The Balaban J connectivity index is 1.66. The van der Waals surface area contributed by atoms with E-state index in [-0.39, 0.29) is 36.8 Å². The number of halogens is 1. The number of ether oxygens (including phenoxy) is 3. The van der Waals surface area contributed by atoms with Crippen molar-refractivity contribution in [1.82, 2.24) is 4.72 Å². The molecule has 2 aromatic carbocycles. The number of hydrogen-bond donors (Lipinski definition) is 1. The number of sulfonamides is 1. The molecule has 0 fully saturated rings. The van der Waals surface area contributed by atoms with Crippen LogP contribution in [-0.4, -0.2) is 27.7 Å². The van der Waals surface area contributed by atoms with Crippen molar-refractivity contribution in [2.24, 2.45) is 0 Å². The summed E-state index contributed by atoms with van der Waals surface area (Å²) in [4.78, 5) is 12.3. The predicted octanol–water partition coefficient (Wildman–Crippen LogP) is 2.76. The van der Waals surface area contributed by atoms with Crippen molar-refractivity contribution in [3.63, 3.8) is 0 Å². The number of hydrogen-bond acceptors (Lipinski definition) is 7. The fourth-order valence-corrected chi connectivity index (χ4v) is 3.98. The van der Waals surface area contributed by atoms with E-state index in [1.165, 1.54) is 24.3 Å². The first-order valence-electron chi connectivity index (χ1n) is 8.56. The Bertz CT molecular complexity index is 1050. The van der Waals surface area contributed by atoms with Crippen LogP contribution >= 0.6 is 11.6 Å². The Morgan fingerprint density at radius 2 is 2.03 bits per heavy atom. The maximum Gasteiger partial charge on any atom is 0.338 e. The van der Waals surface area contributed by atoms with Gasteiger partial charge in [0.2, 0.25) is 10.0 Å². The Morgan fingerprint density at radius 1 is 1.28 bits per heavy atom. The lowest BCUT2D eigenvalue weighted by atomic mass is 10.1. The monoisotopic (exact) mass is 436 g/mol. The summed E-state index contributed by atoms with van der Waals surface area (Å²) in [6, 6.07) is 10.6. The standard InChI is InChI=1S/C19H17ClN2O6S/c20-16-8-14-10-26-12-28-18(14)15(9-16)11-27-19(23)13-2-4-17(5-3-13)29(24,25)22-7-1-6-21/h2-5,8-9,22H,1,7,10-12H2. The van der Waals surface area contributed by atoms with Crippen molar-refractivity contribution >= 4 is 27.6 Å². The zero-order valence-electron chi connectivity index (χ0n) is 15.2. The van der Waals surface area contributed by atoms with Crippen LogP contribution in [0.5, 0.6) is 5.75 Å². The fourth-order valence-electron chi connectivity index (χ4n) is 2.69. The van der Waals surface area contributed by atoms with E-state index in [1.807, 2.05) is 6.07 Å². The fraction of sp³-hybridized carbons (Fsp3) is 0.263. The molecule has 0 radical (unpaired) electrons. The number of esters is 1. The highest BCUT2D eigenvalue weighted by Crippen LogP contribution is 2.32. The van der Waals surface area contributed by atoms with Gasteiger partial charge in [0.25, 0.3) is 0 Å². The van der Waals surface area contributed by atoms with Gasteiger partial charge in [-0.1, -0.05) is 11.6 Å². The minimum atomic E-state index is -3.74. The molecule has 10 heteroatoms. The highest BCUT2D eigenvalue weighted by molar-refractivity contribution is 7.89. The molecule has 29 heavy (non-hydrogen) atoms. The summed E-state index contributed by atoms with van der Waals surface area (Å²) in [6.45, 7) is 0.417. The Labute approximate surface area is 173 Å². The van der Waals surface area contributed by atoms with E-state index in [0.717, 1.165) is 5.56 Å². The molecule has 0 atom stereocenters. The largest absolute Gasteiger partial charge is 0.467 e. The summed E-state index contributed by atoms with van der Waals surface area (Å²) in [6.07, 6.45) is 0.0622. The SMILES string of the molecule is N#CCCNS(=O)(=O)c1ccc(C(=O)OCc2cc(Cl)cc3c2OCOC3)cc1. The van der Waals surface area contributed by atoms with E-state index < -0.39 is 16.0 Å². The predicted molar refractivity (Wildman–Crippen MR) is 103 cm³/mol. The molecular formula is C19H17ClN2O6S. The molecule has 0 aliphatic carbocycles. The van der Waals surface area contributed by atoms with Gasteiger partial charge in [0.15, 0.2) is 6.79 Å². The van der Waals surface area contributed by atoms with Crippen molar-refractivity contribution in [2.45, 2.75) is 24.5 Å². The highest BCUT2D eigenvalue weighted by Gasteiger charge is 2.19. The molecule has 0 saturated carbocycles. The summed E-state index contributed by atoms with van der Waals surface area (Å²) in [5.41, 5.74) is 1.58. The van der Waals surface area contributed by atoms with Crippen LogP contribution in [0, 0.1) is 11.3 Å². The van der Waals surface area contributed by atoms with Gasteiger partial charge in [-0.2, -0.15) is 5.26 Å². The number of rotatable bonds is 7. The number of fused-ring (bicyclic) bond motifs is 1. The molecule has 0 spiro atoms. The Morgan fingerprint density at radius 3 is 2.76 bits per heavy atom. The van der Waals surface area contributed by atoms with Crippen molar-refractivity contribution in [2.75, 3.05) is 13.3 Å². The first-order chi connectivity index (χ1) is 13.9. The molecule has 0 unspecified atom stereocenters. The van der Waals surface area contributed by atoms with Crippen LogP contribution in [0.25, 0.3) is 0 Å². The third-order valence-electron chi connectivity index (χ3n) is 4.04. The zero-order chi connectivity index (χ0) is 20.9. The van der Waals surface area contributed by atoms with Crippen LogP contribution in [0.3, 0.4) is 0 Å². The quantitative estimate of drug-likeness (QED) is 0.524. The minimum absolute atomic E-state index is 0.00991. The summed E-state index contributed by atoms with van der Waals surface area (Å²) in [5.74, 6) is -0.0366. The van der Waals surface area contributed by atoms with Crippen molar-refractivity contribution < 1.29 is 27.4 Å². The van der Waals surface area contributed by atoms with Crippen LogP contribution in [0.15, 0.2) is 41.3 Å². The summed E-state index contributed by atoms with van der Waals surface area (Å²) in [7, 11) is -3.74. The molecule has 1 N–H and O–H groups in total. The first-order valence-corrected chi connectivity index (χ1v) is 10.4. The molecule has 3 rings (SSSR count). The Hall–Kier alpha value is -2.64. The smallest absolute Gasteiger partial charge is 0.338 e. The number of carbonyl (C=O) groups is 1. The second-order valence-corrected chi connectivity index (χ2v) is 8.27. The van der Waals surface area contributed by atoms with Crippen molar-refractivity contribution in [3.8, 4) is 11.8 Å². The second kappa shape index (κ2) is 9.24. The van der Waals surface area contributed by atoms with E-state index in [0.29, 0.717) is 22.9 Å². The molecule has 0 bridgehead atoms. The van der Waals surface area contributed by atoms with Gasteiger partial charge in [0, 0.05) is 29.1 Å². The molecule has 1 aliphatic heterocycles. The molecule has 2 aromatic rings. The van der Waals surface area contributed by atoms with Crippen LogP contribution in [-0.2, 0) is 32.7 Å². The molecule has 8 nitrogen and oxygen atoms in total. The second-order valence-electron chi connectivity index (χ2n) is 6.07. The van der Waals surface area contributed by atoms with Gasteiger partial charge in [-0.3, -0.25) is 0 Å².